The van der Waals surface area contributed by atoms with Gasteiger partial charge in [0.05, 0.1) is 31.5 Å². The molecule has 1 aliphatic rings. The maximum absolute atomic E-state index is 12.6. The highest BCUT2D eigenvalue weighted by atomic mass is 32.2. The summed E-state index contributed by atoms with van der Waals surface area (Å²) >= 11 is 0. The predicted octanol–water partition coefficient (Wildman–Crippen LogP) is 0.0439. The number of aromatic nitrogens is 1. The van der Waals surface area contributed by atoms with E-state index < -0.39 is 10.0 Å². The molecule has 0 saturated carbocycles. The number of hydrogen-bond donors (Lipinski definition) is 0. The number of hydrogen-bond acceptors (Lipinski definition) is 7. The first-order valence-corrected chi connectivity index (χ1v) is 10.1. The Labute approximate surface area is 159 Å². The van der Waals surface area contributed by atoms with Crippen molar-refractivity contribution in [1.82, 2.24) is 19.1 Å². The molecule has 1 amide bonds. The van der Waals surface area contributed by atoms with Gasteiger partial charge in [-0.15, -0.1) is 0 Å². The van der Waals surface area contributed by atoms with Crippen LogP contribution in [0.25, 0.3) is 0 Å². The molecule has 9 nitrogen and oxygen atoms in total. The van der Waals surface area contributed by atoms with Crippen molar-refractivity contribution in [2.24, 2.45) is 0 Å². The summed E-state index contributed by atoms with van der Waals surface area (Å²) in [5.74, 6) is -0.149. The SMILES string of the molecule is N#CCCN(CCC#N)C(=O)CN1CCN(S(=O)(=O)c2cccnc2)CC1. The summed E-state index contributed by atoms with van der Waals surface area (Å²) in [6.45, 7) is 2.21. The van der Waals surface area contributed by atoms with E-state index in [4.69, 9.17) is 10.5 Å². The highest BCUT2D eigenvalue weighted by Gasteiger charge is 2.29. The number of amides is 1. The molecule has 1 aromatic rings. The number of sulfonamides is 1. The van der Waals surface area contributed by atoms with Gasteiger partial charge in [0, 0.05) is 51.7 Å². The van der Waals surface area contributed by atoms with Crippen LogP contribution in [-0.2, 0) is 14.8 Å². The Morgan fingerprint density at radius 3 is 2.30 bits per heavy atom. The molecule has 0 aliphatic carbocycles. The van der Waals surface area contributed by atoms with Crippen molar-refractivity contribution in [2.75, 3.05) is 45.8 Å². The molecule has 0 atom stereocenters. The number of pyridine rings is 1. The van der Waals surface area contributed by atoms with Crippen LogP contribution in [0.2, 0.25) is 0 Å². The van der Waals surface area contributed by atoms with Crippen molar-refractivity contribution in [3.05, 3.63) is 24.5 Å². The highest BCUT2D eigenvalue weighted by molar-refractivity contribution is 7.89. The molecule has 2 rings (SSSR count). The normalized spacial score (nSPS) is 15.6. The maximum atomic E-state index is 12.6. The van der Waals surface area contributed by atoms with Crippen LogP contribution in [0.3, 0.4) is 0 Å². The Bertz CT molecular complexity index is 789. The van der Waals surface area contributed by atoms with Crippen LogP contribution < -0.4 is 0 Å². The number of nitriles is 2. The average Bonchev–Trinajstić information content (AvgIpc) is 2.69. The van der Waals surface area contributed by atoms with E-state index in [9.17, 15) is 13.2 Å². The van der Waals surface area contributed by atoms with Gasteiger partial charge in [0.15, 0.2) is 0 Å². The van der Waals surface area contributed by atoms with Crippen molar-refractivity contribution in [2.45, 2.75) is 17.7 Å². The minimum atomic E-state index is -3.58. The van der Waals surface area contributed by atoms with Crippen LogP contribution in [0.15, 0.2) is 29.4 Å². The third-order valence-electron chi connectivity index (χ3n) is 4.30. The summed E-state index contributed by atoms with van der Waals surface area (Å²) in [6, 6.07) is 7.10. The second-order valence-corrected chi connectivity index (χ2v) is 8.00. The maximum Gasteiger partial charge on any atom is 0.244 e. The van der Waals surface area contributed by atoms with E-state index in [1.54, 1.807) is 6.07 Å². The fourth-order valence-corrected chi connectivity index (χ4v) is 4.19. The van der Waals surface area contributed by atoms with Gasteiger partial charge in [0.2, 0.25) is 15.9 Å². The molecule has 2 heterocycles. The van der Waals surface area contributed by atoms with E-state index in [0.29, 0.717) is 39.3 Å². The van der Waals surface area contributed by atoms with Gasteiger partial charge < -0.3 is 4.90 Å². The second-order valence-electron chi connectivity index (χ2n) is 6.07. The van der Waals surface area contributed by atoms with Gasteiger partial charge in [-0.05, 0) is 12.1 Å². The summed E-state index contributed by atoms with van der Waals surface area (Å²) in [5, 5.41) is 17.4. The van der Waals surface area contributed by atoms with E-state index in [1.807, 2.05) is 17.0 Å². The third-order valence-corrected chi connectivity index (χ3v) is 6.18. The Kier molecular flexibility index (Phi) is 7.67. The molecule has 0 N–H and O–H groups in total. The molecule has 1 aliphatic heterocycles. The molecule has 0 unspecified atom stereocenters. The highest BCUT2D eigenvalue weighted by Crippen LogP contribution is 2.16. The van der Waals surface area contributed by atoms with Crippen molar-refractivity contribution in [3.8, 4) is 12.1 Å². The summed E-state index contributed by atoms with van der Waals surface area (Å²) in [7, 11) is -3.58. The van der Waals surface area contributed by atoms with E-state index in [2.05, 4.69) is 4.98 Å². The lowest BCUT2D eigenvalue weighted by molar-refractivity contribution is -0.132. The number of carbonyl (C=O) groups is 1. The van der Waals surface area contributed by atoms with Gasteiger partial charge in [-0.2, -0.15) is 14.8 Å². The van der Waals surface area contributed by atoms with Crippen molar-refractivity contribution in [1.29, 1.82) is 10.5 Å². The minimum Gasteiger partial charge on any atom is -0.340 e. The smallest absolute Gasteiger partial charge is 0.244 e. The molecule has 10 heteroatoms. The molecular formula is C17H22N6O3S. The molecule has 27 heavy (non-hydrogen) atoms. The van der Waals surface area contributed by atoms with E-state index in [0.717, 1.165) is 0 Å². The first-order valence-electron chi connectivity index (χ1n) is 8.63. The van der Waals surface area contributed by atoms with Crippen LogP contribution in [0.1, 0.15) is 12.8 Å². The molecule has 144 valence electrons. The van der Waals surface area contributed by atoms with Crippen LogP contribution in [0, 0.1) is 22.7 Å². The van der Waals surface area contributed by atoms with E-state index in [1.165, 1.54) is 27.7 Å². The molecule has 0 aromatic carbocycles. The fraction of sp³-hybridized carbons (Fsp3) is 0.529. The fourth-order valence-electron chi connectivity index (χ4n) is 2.80. The minimum absolute atomic E-state index is 0.149. The molecule has 0 radical (unpaired) electrons. The molecule has 1 fully saturated rings. The summed E-state index contributed by atoms with van der Waals surface area (Å²) in [4.78, 5) is 19.9. The van der Waals surface area contributed by atoms with Crippen molar-refractivity contribution in [3.63, 3.8) is 0 Å². The Morgan fingerprint density at radius 2 is 1.78 bits per heavy atom. The Morgan fingerprint density at radius 1 is 1.15 bits per heavy atom. The number of rotatable bonds is 8. The Balaban J connectivity index is 1.90. The number of carbonyl (C=O) groups excluding carboxylic acids is 1. The standard InChI is InChI=1S/C17H22N6O3S/c18-5-2-8-22(9-3-6-19)17(24)15-21-10-12-23(13-11-21)27(25,26)16-4-1-7-20-14-16/h1,4,7,14H,2-3,8-13,15H2. The van der Waals surface area contributed by atoms with E-state index >= 15 is 0 Å². The summed E-state index contributed by atoms with van der Waals surface area (Å²) in [5.41, 5.74) is 0. The van der Waals surface area contributed by atoms with Gasteiger partial charge in [-0.25, -0.2) is 8.42 Å². The lowest BCUT2D eigenvalue weighted by Gasteiger charge is -2.34. The number of piperazine rings is 1. The lowest BCUT2D eigenvalue weighted by atomic mass is 10.3. The molecule has 1 saturated heterocycles. The molecule has 1 aromatic heterocycles. The lowest BCUT2D eigenvalue weighted by Crippen LogP contribution is -2.51. The second kappa shape index (κ2) is 9.97. The summed E-state index contributed by atoms with van der Waals surface area (Å²) < 4.78 is 26.6. The number of nitrogens with zero attached hydrogens (tertiary/aromatic N) is 6. The summed E-state index contributed by atoms with van der Waals surface area (Å²) in [6.07, 6.45) is 3.28. The topological polar surface area (TPSA) is 121 Å². The largest absolute Gasteiger partial charge is 0.340 e. The zero-order valence-corrected chi connectivity index (χ0v) is 15.8. The van der Waals surface area contributed by atoms with Gasteiger partial charge in [-0.1, -0.05) is 0 Å². The quantitative estimate of drug-likeness (QED) is 0.614. The average molecular weight is 390 g/mol. The molecular weight excluding hydrogens is 368 g/mol. The van der Waals surface area contributed by atoms with Crippen LogP contribution in [-0.4, -0.2) is 79.2 Å². The first-order chi connectivity index (χ1) is 13.0. The van der Waals surface area contributed by atoms with E-state index in [-0.39, 0.29) is 30.2 Å². The third kappa shape index (κ3) is 5.73. The first kappa shape index (κ1) is 20.8. The predicted molar refractivity (Wildman–Crippen MR) is 96.5 cm³/mol. The van der Waals surface area contributed by atoms with Gasteiger partial charge in [0.25, 0.3) is 0 Å². The monoisotopic (exact) mass is 390 g/mol. The molecule has 0 bridgehead atoms. The van der Waals surface area contributed by atoms with Gasteiger partial charge in [0.1, 0.15) is 4.90 Å². The van der Waals surface area contributed by atoms with Gasteiger partial charge >= 0.3 is 0 Å². The van der Waals surface area contributed by atoms with Crippen molar-refractivity contribution >= 4 is 15.9 Å². The van der Waals surface area contributed by atoms with Crippen LogP contribution >= 0.6 is 0 Å². The van der Waals surface area contributed by atoms with Crippen LogP contribution in [0.4, 0.5) is 0 Å². The van der Waals surface area contributed by atoms with Gasteiger partial charge in [-0.3, -0.25) is 14.7 Å². The zero-order chi connectivity index (χ0) is 19.7. The Hall–Kier alpha value is -2.53. The van der Waals surface area contributed by atoms with Crippen molar-refractivity contribution < 1.29 is 13.2 Å². The zero-order valence-electron chi connectivity index (χ0n) is 15.0. The van der Waals surface area contributed by atoms with Crippen LogP contribution in [0.5, 0.6) is 0 Å². The molecule has 0 spiro atoms.